The minimum Gasteiger partial charge on any atom is -0.236 e. The summed E-state index contributed by atoms with van der Waals surface area (Å²) in [6.45, 7) is 0. The van der Waals surface area contributed by atoms with Gasteiger partial charge in [0.2, 0.25) is 0 Å². The predicted molar refractivity (Wildman–Crippen MR) is 78.8 cm³/mol. The monoisotopic (exact) mass is 256 g/mol. The molecule has 0 aliphatic carbocycles. The highest BCUT2D eigenvalue weighted by atomic mass is 14.8. The lowest BCUT2D eigenvalue weighted by molar-refractivity contribution is 1.25. The number of fused-ring (bicyclic) bond motifs is 2. The molecule has 4 heteroatoms. The van der Waals surface area contributed by atoms with E-state index in [0.717, 1.165) is 43.6 Å². The van der Waals surface area contributed by atoms with E-state index in [0.29, 0.717) is 0 Å². The second-order valence-corrected chi connectivity index (χ2v) is 4.84. The van der Waals surface area contributed by atoms with E-state index in [4.69, 9.17) is 0 Å². The highest BCUT2D eigenvalue weighted by molar-refractivity contribution is 6.29. The van der Waals surface area contributed by atoms with Gasteiger partial charge in [-0.3, -0.25) is 0 Å². The van der Waals surface area contributed by atoms with E-state index in [1.54, 1.807) is 12.7 Å². The van der Waals surface area contributed by atoms with Crippen molar-refractivity contribution in [2.24, 2.45) is 0 Å². The Kier molecular flexibility index (Phi) is 1.68. The fourth-order valence-corrected chi connectivity index (χ4v) is 3.02. The van der Waals surface area contributed by atoms with Gasteiger partial charge in [0.1, 0.15) is 12.7 Å². The Morgan fingerprint density at radius 1 is 0.550 bits per heavy atom. The van der Waals surface area contributed by atoms with E-state index in [1.807, 2.05) is 24.3 Å². The average Bonchev–Trinajstić information content (AvgIpc) is 2.52. The topological polar surface area (TPSA) is 51.6 Å². The number of rotatable bonds is 0. The van der Waals surface area contributed by atoms with Crippen LogP contribution in [0.5, 0.6) is 0 Å². The lowest BCUT2D eigenvalue weighted by Gasteiger charge is -2.10. The van der Waals surface area contributed by atoms with Crippen LogP contribution in [0.15, 0.2) is 49.1 Å². The van der Waals surface area contributed by atoms with Gasteiger partial charge >= 0.3 is 0 Å². The molecule has 5 rings (SSSR count). The summed E-state index contributed by atoms with van der Waals surface area (Å²) in [5.41, 5.74) is 3.85. The molecule has 0 saturated carbocycles. The van der Waals surface area contributed by atoms with Crippen LogP contribution in [0.2, 0.25) is 0 Å². The summed E-state index contributed by atoms with van der Waals surface area (Å²) in [6, 6.07) is 12.2. The Bertz CT molecular complexity index is 931. The van der Waals surface area contributed by atoms with E-state index < -0.39 is 0 Å². The van der Waals surface area contributed by atoms with E-state index >= 15 is 0 Å². The molecule has 20 heavy (non-hydrogen) atoms. The second kappa shape index (κ2) is 3.36. The molecule has 92 valence electrons. The highest BCUT2D eigenvalue weighted by Crippen LogP contribution is 2.36. The molecule has 0 atom stereocenters. The van der Waals surface area contributed by atoms with Gasteiger partial charge in [-0.1, -0.05) is 24.3 Å². The van der Waals surface area contributed by atoms with Crippen LogP contribution in [0.4, 0.5) is 0 Å². The molecule has 5 aromatic rings. The summed E-state index contributed by atoms with van der Waals surface area (Å²) in [5, 5.41) is 4.33. The SMILES string of the molecule is c1cc2ncnc3c4cccc5ncnc(c(c1)c23)c54. The molecule has 0 fully saturated rings. The van der Waals surface area contributed by atoms with Crippen molar-refractivity contribution >= 4 is 43.6 Å². The van der Waals surface area contributed by atoms with Gasteiger partial charge in [0, 0.05) is 21.5 Å². The summed E-state index contributed by atoms with van der Waals surface area (Å²) in [5.74, 6) is 0. The first-order valence-corrected chi connectivity index (χ1v) is 6.42. The molecule has 0 aliphatic rings. The number of hydrogen-bond donors (Lipinski definition) is 0. The minimum absolute atomic E-state index is 0.953. The van der Waals surface area contributed by atoms with E-state index in [2.05, 4.69) is 32.1 Å². The van der Waals surface area contributed by atoms with Crippen molar-refractivity contribution in [3.05, 3.63) is 49.1 Å². The molecule has 0 radical (unpaired) electrons. The van der Waals surface area contributed by atoms with E-state index in [9.17, 15) is 0 Å². The van der Waals surface area contributed by atoms with Gasteiger partial charge in [-0.2, -0.15) is 0 Å². The molecule has 4 nitrogen and oxygen atoms in total. The molecular formula is C16H8N4. The quantitative estimate of drug-likeness (QED) is 0.315. The third-order valence-electron chi connectivity index (χ3n) is 3.84. The Balaban J connectivity index is 2.32. The van der Waals surface area contributed by atoms with Crippen molar-refractivity contribution in [1.29, 1.82) is 0 Å². The van der Waals surface area contributed by atoms with Crippen molar-refractivity contribution in [3.8, 4) is 0 Å². The predicted octanol–water partition coefficient (Wildman–Crippen LogP) is 3.32. The van der Waals surface area contributed by atoms with Crippen LogP contribution < -0.4 is 0 Å². The summed E-state index contributed by atoms with van der Waals surface area (Å²) in [6.07, 6.45) is 3.24. The van der Waals surface area contributed by atoms with Gasteiger partial charge < -0.3 is 0 Å². The van der Waals surface area contributed by atoms with Gasteiger partial charge in [0.25, 0.3) is 0 Å². The van der Waals surface area contributed by atoms with Crippen molar-refractivity contribution in [1.82, 2.24) is 19.9 Å². The van der Waals surface area contributed by atoms with Gasteiger partial charge in [-0.15, -0.1) is 0 Å². The molecule has 2 heterocycles. The first kappa shape index (κ1) is 9.97. The van der Waals surface area contributed by atoms with E-state index in [1.165, 1.54) is 0 Å². The zero-order valence-corrected chi connectivity index (χ0v) is 10.4. The summed E-state index contributed by atoms with van der Waals surface area (Å²) >= 11 is 0. The maximum absolute atomic E-state index is 4.49. The molecule has 0 unspecified atom stereocenters. The first-order valence-electron chi connectivity index (χ1n) is 6.42. The normalized spacial score (nSPS) is 12.0. The molecule has 0 spiro atoms. The number of hydrogen-bond acceptors (Lipinski definition) is 4. The average molecular weight is 256 g/mol. The van der Waals surface area contributed by atoms with Crippen LogP contribution in [0.3, 0.4) is 0 Å². The molecule has 2 aromatic heterocycles. The maximum atomic E-state index is 4.49. The molecule has 0 bridgehead atoms. The maximum Gasteiger partial charge on any atom is 0.116 e. The number of nitrogens with zero attached hydrogens (tertiary/aromatic N) is 4. The third-order valence-corrected chi connectivity index (χ3v) is 3.84. The lowest BCUT2D eigenvalue weighted by Crippen LogP contribution is -1.93. The third kappa shape index (κ3) is 1.07. The number of benzene rings is 3. The molecule has 3 aromatic carbocycles. The van der Waals surface area contributed by atoms with Gasteiger partial charge in [0.15, 0.2) is 0 Å². The molecule has 0 N–H and O–H groups in total. The van der Waals surface area contributed by atoms with Crippen molar-refractivity contribution in [2.75, 3.05) is 0 Å². The highest BCUT2D eigenvalue weighted by Gasteiger charge is 2.14. The van der Waals surface area contributed by atoms with Crippen LogP contribution in [0.1, 0.15) is 0 Å². The van der Waals surface area contributed by atoms with Crippen molar-refractivity contribution < 1.29 is 0 Å². The standard InChI is InChI=1S/C16H8N4/c1-3-9-13-11(5-1)17-7-20-16(13)10-4-2-6-12-14(10)15(9)19-8-18-12/h1-8H. The Hall–Kier alpha value is -2.88. The lowest BCUT2D eigenvalue weighted by atomic mass is 9.98. The van der Waals surface area contributed by atoms with Crippen LogP contribution in [-0.4, -0.2) is 19.9 Å². The fraction of sp³-hybridized carbons (Fsp3) is 0. The molecular weight excluding hydrogens is 248 g/mol. The molecule has 0 aliphatic heterocycles. The smallest absolute Gasteiger partial charge is 0.116 e. The Morgan fingerprint density at radius 3 is 1.55 bits per heavy atom. The minimum atomic E-state index is 0.953. The molecule has 0 saturated heterocycles. The summed E-state index contributed by atoms with van der Waals surface area (Å²) in [7, 11) is 0. The first-order chi connectivity index (χ1) is 9.93. The summed E-state index contributed by atoms with van der Waals surface area (Å²) < 4.78 is 0. The Labute approximate surface area is 113 Å². The zero-order chi connectivity index (χ0) is 13.1. The van der Waals surface area contributed by atoms with Gasteiger partial charge in [0.05, 0.1) is 22.1 Å². The van der Waals surface area contributed by atoms with Crippen LogP contribution in [0, 0.1) is 0 Å². The van der Waals surface area contributed by atoms with Crippen LogP contribution in [0.25, 0.3) is 43.6 Å². The summed E-state index contributed by atoms with van der Waals surface area (Å²) in [4.78, 5) is 17.7. The van der Waals surface area contributed by atoms with Crippen LogP contribution in [-0.2, 0) is 0 Å². The fourth-order valence-electron chi connectivity index (χ4n) is 3.02. The van der Waals surface area contributed by atoms with Crippen molar-refractivity contribution in [2.45, 2.75) is 0 Å². The number of aromatic nitrogens is 4. The van der Waals surface area contributed by atoms with Crippen LogP contribution >= 0.6 is 0 Å². The van der Waals surface area contributed by atoms with Crippen molar-refractivity contribution in [3.63, 3.8) is 0 Å². The van der Waals surface area contributed by atoms with E-state index in [-0.39, 0.29) is 0 Å². The Morgan fingerprint density at radius 2 is 1.05 bits per heavy atom. The largest absolute Gasteiger partial charge is 0.236 e. The van der Waals surface area contributed by atoms with Gasteiger partial charge in [-0.05, 0) is 12.1 Å². The molecule has 0 amide bonds. The second-order valence-electron chi connectivity index (χ2n) is 4.84. The van der Waals surface area contributed by atoms with Gasteiger partial charge in [-0.25, -0.2) is 19.9 Å². The zero-order valence-electron chi connectivity index (χ0n) is 10.4.